The number of hydrogen-bond donors (Lipinski definition) is 3. The first-order valence-electron chi connectivity index (χ1n) is 6.61. The number of nitrogens with one attached hydrogen (secondary N) is 3. The van der Waals surface area contributed by atoms with Crippen LogP contribution < -0.4 is 16.0 Å². The van der Waals surface area contributed by atoms with Crippen molar-refractivity contribution >= 4 is 11.6 Å². The van der Waals surface area contributed by atoms with Gasteiger partial charge in [-0.2, -0.15) is 0 Å². The molecule has 0 aromatic heterocycles. The third-order valence-corrected chi connectivity index (χ3v) is 3.21. The molecule has 1 aliphatic heterocycles. The van der Waals surface area contributed by atoms with Gasteiger partial charge in [-0.3, -0.25) is 4.79 Å². The molecule has 1 unspecified atom stereocenters. The number of rotatable bonds is 5. The lowest BCUT2D eigenvalue weighted by molar-refractivity contribution is -0.119. The third-order valence-electron chi connectivity index (χ3n) is 3.21. The maximum absolute atomic E-state index is 11.7. The Hall–Kier alpha value is -1.55. The van der Waals surface area contributed by atoms with Crippen molar-refractivity contribution < 1.29 is 4.79 Å². The highest BCUT2D eigenvalue weighted by molar-refractivity contribution is 5.80. The number of hydrogen-bond acceptors (Lipinski definition) is 3. The number of para-hydroxylation sites is 1. The molecule has 2 rings (SSSR count). The number of carbonyl (C=O) groups excluding carboxylic acids is 1. The minimum atomic E-state index is 0.0597. The lowest BCUT2D eigenvalue weighted by atomic mass is 10.00. The molecule has 1 aliphatic rings. The van der Waals surface area contributed by atoms with E-state index >= 15 is 0 Å². The van der Waals surface area contributed by atoms with Gasteiger partial charge in [-0.15, -0.1) is 0 Å². The first-order chi connectivity index (χ1) is 8.84. The average molecular weight is 247 g/mol. The molecule has 0 spiro atoms. The summed E-state index contributed by atoms with van der Waals surface area (Å²) in [5.41, 5.74) is 0.979. The predicted octanol–water partition coefficient (Wildman–Crippen LogP) is 1.21. The van der Waals surface area contributed by atoms with Crippen molar-refractivity contribution in [3.63, 3.8) is 0 Å². The molecular weight excluding hydrogens is 226 g/mol. The smallest absolute Gasteiger partial charge is 0.239 e. The van der Waals surface area contributed by atoms with Crippen molar-refractivity contribution in [2.75, 3.05) is 31.5 Å². The Bertz CT molecular complexity index is 361. The fourth-order valence-corrected chi connectivity index (χ4v) is 2.16. The Kier molecular flexibility index (Phi) is 5.02. The number of benzene rings is 1. The molecule has 1 amide bonds. The zero-order valence-electron chi connectivity index (χ0n) is 10.6. The van der Waals surface area contributed by atoms with E-state index in [9.17, 15) is 4.79 Å². The highest BCUT2D eigenvalue weighted by atomic mass is 16.1. The van der Waals surface area contributed by atoms with Crippen molar-refractivity contribution in [2.24, 2.45) is 5.92 Å². The second-order valence-corrected chi connectivity index (χ2v) is 4.74. The van der Waals surface area contributed by atoms with Gasteiger partial charge in [0, 0.05) is 12.2 Å². The monoisotopic (exact) mass is 247 g/mol. The summed E-state index contributed by atoms with van der Waals surface area (Å²) in [4.78, 5) is 11.7. The maximum atomic E-state index is 11.7. The minimum Gasteiger partial charge on any atom is -0.376 e. The van der Waals surface area contributed by atoms with Gasteiger partial charge in [0.15, 0.2) is 0 Å². The van der Waals surface area contributed by atoms with Gasteiger partial charge in [0.2, 0.25) is 5.91 Å². The summed E-state index contributed by atoms with van der Waals surface area (Å²) in [7, 11) is 0. The molecule has 0 bridgehead atoms. The number of anilines is 1. The summed E-state index contributed by atoms with van der Waals surface area (Å²) in [5.74, 6) is 0.642. The normalized spacial score (nSPS) is 19.2. The van der Waals surface area contributed by atoms with Crippen LogP contribution in [0, 0.1) is 5.92 Å². The molecule has 4 heteroatoms. The maximum Gasteiger partial charge on any atom is 0.239 e. The van der Waals surface area contributed by atoms with Crippen LogP contribution in [-0.2, 0) is 4.79 Å². The van der Waals surface area contributed by atoms with E-state index < -0.39 is 0 Å². The van der Waals surface area contributed by atoms with Crippen LogP contribution in [0.4, 0.5) is 5.69 Å². The van der Waals surface area contributed by atoms with Crippen LogP contribution in [0.1, 0.15) is 12.8 Å². The summed E-state index contributed by atoms with van der Waals surface area (Å²) in [6, 6.07) is 9.78. The van der Waals surface area contributed by atoms with Crippen LogP contribution in [0.25, 0.3) is 0 Å². The second kappa shape index (κ2) is 7.01. The van der Waals surface area contributed by atoms with E-state index in [-0.39, 0.29) is 5.91 Å². The zero-order valence-corrected chi connectivity index (χ0v) is 10.6. The number of piperidine rings is 1. The highest BCUT2D eigenvalue weighted by Crippen LogP contribution is 2.08. The Labute approximate surface area is 108 Å². The lowest BCUT2D eigenvalue weighted by Crippen LogP contribution is -2.39. The van der Waals surface area contributed by atoms with E-state index in [2.05, 4.69) is 16.0 Å². The predicted molar refractivity (Wildman–Crippen MR) is 73.5 cm³/mol. The fourth-order valence-electron chi connectivity index (χ4n) is 2.16. The Morgan fingerprint density at radius 1 is 1.33 bits per heavy atom. The first-order valence-corrected chi connectivity index (χ1v) is 6.61. The summed E-state index contributed by atoms with van der Waals surface area (Å²) >= 11 is 0. The van der Waals surface area contributed by atoms with E-state index in [1.165, 1.54) is 12.8 Å². The topological polar surface area (TPSA) is 53.2 Å². The molecular formula is C14H21N3O. The number of carbonyl (C=O) groups is 1. The third kappa shape index (κ3) is 4.37. The molecule has 1 atom stereocenters. The minimum absolute atomic E-state index is 0.0597. The molecule has 0 aliphatic carbocycles. The summed E-state index contributed by atoms with van der Waals surface area (Å²) in [5, 5.41) is 9.44. The summed E-state index contributed by atoms with van der Waals surface area (Å²) in [6.45, 7) is 3.25. The van der Waals surface area contributed by atoms with E-state index in [1.54, 1.807) is 0 Å². The van der Waals surface area contributed by atoms with Crippen molar-refractivity contribution in [1.82, 2.24) is 10.6 Å². The summed E-state index contributed by atoms with van der Waals surface area (Å²) in [6.07, 6.45) is 2.42. The molecule has 3 N–H and O–H groups in total. The van der Waals surface area contributed by atoms with Crippen LogP contribution in [-0.4, -0.2) is 32.1 Å². The summed E-state index contributed by atoms with van der Waals surface area (Å²) < 4.78 is 0. The van der Waals surface area contributed by atoms with Gasteiger partial charge < -0.3 is 16.0 Å². The second-order valence-electron chi connectivity index (χ2n) is 4.74. The van der Waals surface area contributed by atoms with Crippen molar-refractivity contribution in [1.29, 1.82) is 0 Å². The molecule has 0 saturated carbocycles. The largest absolute Gasteiger partial charge is 0.376 e. The van der Waals surface area contributed by atoms with Gasteiger partial charge in [-0.25, -0.2) is 0 Å². The Morgan fingerprint density at radius 3 is 2.89 bits per heavy atom. The molecule has 98 valence electrons. The van der Waals surface area contributed by atoms with Crippen LogP contribution in [0.3, 0.4) is 0 Å². The van der Waals surface area contributed by atoms with Gasteiger partial charge >= 0.3 is 0 Å². The van der Waals surface area contributed by atoms with E-state index in [0.717, 1.165) is 25.3 Å². The SMILES string of the molecule is O=C(CNc1ccccc1)NCC1CCCNC1. The van der Waals surface area contributed by atoms with E-state index in [0.29, 0.717) is 12.5 Å². The average Bonchev–Trinajstić information content (AvgIpc) is 2.45. The molecule has 1 aromatic carbocycles. The van der Waals surface area contributed by atoms with Crippen LogP contribution in [0.5, 0.6) is 0 Å². The number of amides is 1. The molecule has 4 nitrogen and oxygen atoms in total. The van der Waals surface area contributed by atoms with Crippen molar-refractivity contribution in [3.8, 4) is 0 Å². The quantitative estimate of drug-likeness (QED) is 0.733. The molecule has 1 saturated heterocycles. The lowest BCUT2D eigenvalue weighted by Gasteiger charge is -2.22. The van der Waals surface area contributed by atoms with E-state index in [4.69, 9.17) is 0 Å². The molecule has 18 heavy (non-hydrogen) atoms. The van der Waals surface area contributed by atoms with Crippen molar-refractivity contribution in [2.45, 2.75) is 12.8 Å². The first kappa shape index (κ1) is 12.9. The van der Waals surface area contributed by atoms with Gasteiger partial charge in [-0.05, 0) is 44.0 Å². The zero-order chi connectivity index (χ0) is 12.6. The molecule has 1 heterocycles. The standard InChI is InChI=1S/C14H21N3O/c18-14(11-16-13-6-2-1-3-7-13)17-10-12-5-4-8-15-9-12/h1-3,6-7,12,15-16H,4-5,8-11H2,(H,17,18). The molecule has 1 aromatic rings. The highest BCUT2D eigenvalue weighted by Gasteiger charge is 2.13. The fraction of sp³-hybridized carbons (Fsp3) is 0.500. The molecule has 1 fully saturated rings. The Balaban J connectivity index is 1.63. The van der Waals surface area contributed by atoms with Gasteiger partial charge in [-0.1, -0.05) is 18.2 Å². The van der Waals surface area contributed by atoms with Crippen LogP contribution in [0.2, 0.25) is 0 Å². The van der Waals surface area contributed by atoms with Gasteiger partial charge in [0.25, 0.3) is 0 Å². The van der Waals surface area contributed by atoms with Crippen molar-refractivity contribution in [3.05, 3.63) is 30.3 Å². The van der Waals surface area contributed by atoms with Crippen LogP contribution >= 0.6 is 0 Å². The molecule has 0 radical (unpaired) electrons. The van der Waals surface area contributed by atoms with Gasteiger partial charge in [0.05, 0.1) is 6.54 Å². The van der Waals surface area contributed by atoms with Gasteiger partial charge in [0.1, 0.15) is 0 Å². The van der Waals surface area contributed by atoms with E-state index in [1.807, 2.05) is 30.3 Å². The Morgan fingerprint density at radius 2 is 2.17 bits per heavy atom. The van der Waals surface area contributed by atoms with Crippen LogP contribution in [0.15, 0.2) is 30.3 Å².